The smallest absolute Gasteiger partial charge is 0.185 e. The summed E-state index contributed by atoms with van der Waals surface area (Å²) in [5.74, 6) is 0.721. The molecule has 0 N–H and O–H groups in total. The van der Waals surface area contributed by atoms with Crippen molar-refractivity contribution in [3.63, 3.8) is 0 Å². The normalized spacial score (nSPS) is 21.4. The highest BCUT2D eigenvalue weighted by molar-refractivity contribution is 7.92. The van der Waals surface area contributed by atoms with E-state index in [1.165, 1.54) is 0 Å². The molecule has 2 atom stereocenters. The topological polar surface area (TPSA) is 43.4 Å². The third-order valence-corrected chi connectivity index (χ3v) is 5.68. The van der Waals surface area contributed by atoms with Gasteiger partial charge < -0.3 is 4.74 Å². The van der Waals surface area contributed by atoms with Gasteiger partial charge in [-0.05, 0) is 31.2 Å². The molecule has 2 aromatic rings. The van der Waals surface area contributed by atoms with Crippen LogP contribution in [0.4, 0.5) is 0 Å². The predicted octanol–water partition coefficient (Wildman–Crippen LogP) is 2.99. The van der Waals surface area contributed by atoms with E-state index in [4.69, 9.17) is 4.74 Å². The average Bonchev–Trinajstić information content (AvgIpc) is 3.20. The van der Waals surface area contributed by atoms with Crippen LogP contribution >= 0.6 is 0 Å². The summed E-state index contributed by atoms with van der Waals surface area (Å²) in [6.07, 6.45) is 0.328. The van der Waals surface area contributed by atoms with E-state index < -0.39 is 15.1 Å². The van der Waals surface area contributed by atoms with Gasteiger partial charge >= 0.3 is 0 Å². The van der Waals surface area contributed by atoms with Crippen LogP contribution in [0.25, 0.3) is 0 Å². The Bertz CT molecular complexity index is 690. The molecule has 0 spiro atoms. The summed E-state index contributed by atoms with van der Waals surface area (Å²) < 4.78 is 30.5. The van der Waals surface area contributed by atoms with Crippen LogP contribution in [0.2, 0.25) is 0 Å². The SMILES string of the molecule is Cc1ccc(S(=O)(=O)[C@@H]2C[C@H]2Oc2ccccc2)cc1. The third kappa shape index (κ3) is 2.56. The van der Waals surface area contributed by atoms with Crippen LogP contribution in [0.15, 0.2) is 59.5 Å². The lowest BCUT2D eigenvalue weighted by Crippen LogP contribution is -2.14. The van der Waals surface area contributed by atoms with E-state index >= 15 is 0 Å². The lowest BCUT2D eigenvalue weighted by Gasteiger charge is -2.07. The molecule has 104 valence electrons. The number of benzene rings is 2. The van der Waals surface area contributed by atoms with Crippen molar-refractivity contribution in [1.29, 1.82) is 0 Å². The fourth-order valence-electron chi connectivity index (χ4n) is 2.18. The molecule has 0 heterocycles. The molecule has 1 fully saturated rings. The summed E-state index contributed by atoms with van der Waals surface area (Å²) in [5, 5.41) is -0.426. The summed E-state index contributed by atoms with van der Waals surface area (Å²) in [4.78, 5) is 0.382. The van der Waals surface area contributed by atoms with Gasteiger partial charge in [-0.15, -0.1) is 0 Å². The predicted molar refractivity (Wildman–Crippen MR) is 77.6 cm³/mol. The maximum atomic E-state index is 12.4. The summed E-state index contributed by atoms with van der Waals surface area (Å²) in [6.45, 7) is 1.94. The molecule has 20 heavy (non-hydrogen) atoms. The fourth-order valence-corrected chi connectivity index (χ4v) is 3.94. The number of rotatable bonds is 4. The monoisotopic (exact) mass is 288 g/mol. The molecule has 1 saturated carbocycles. The van der Waals surface area contributed by atoms with E-state index in [9.17, 15) is 8.42 Å². The van der Waals surface area contributed by atoms with Crippen LogP contribution in [-0.2, 0) is 9.84 Å². The van der Waals surface area contributed by atoms with Gasteiger partial charge in [0.2, 0.25) is 0 Å². The van der Waals surface area contributed by atoms with E-state index in [1.807, 2.05) is 49.4 Å². The molecule has 0 bridgehead atoms. The Morgan fingerprint density at radius 3 is 2.30 bits per heavy atom. The van der Waals surface area contributed by atoms with Crippen molar-refractivity contribution in [2.75, 3.05) is 0 Å². The molecule has 0 radical (unpaired) electrons. The molecular formula is C16H16O3S. The Hall–Kier alpha value is -1.81. The zero-order valence-corrected chi connectivity index (χ0v) is 12.0. The zero-order valence-electron chi connectivity index (χ0n) is 11.2. The molecule has 0 aliphatic heterocycles. The van der Waals surface area contributed by atoms with E-state index in [1.54, 1.807) is 12.1 Å². The molecule has 3 nitrogen and oxygen atoms in total. The standard InChI is InChI=1S/C16H16O3S/c1-12-7-9-14(10-8-12)20(17,18)16-11-15(16)19-13-5-3-2-4-6-13/h2-10,15-16H,11H2,1H3/t15-,16-/m1/s1. The number of sulfone groups is 1. The molecule has 1 aliphatic carbocycles. The second-order valence-electron chi connectivity index (χ2n) is 5.10. The van der Waals surface area contributed by atoms with Crippen molar-refractivity contribution in [1.82, 2.24) is 0 Å². The lowest BCUT2D eigenvalue weighted by molar-refractivity contribution is 0.303. The minimum absolute atomic E-state index is 0.233. The average molecular weight is 288 g/mol. The van der Waals surface area contributed by atoms with Crippen LogP contribution in [-0.4, -0.2) is 19.8 Å². The second kappa shape index (κ2) is 4.94. The van der Waals surface area contributed by atoms with Crippen molar-refractivity contribution < 1.29 is 13.2 Å². The quantitative estimate of drug-likeness (QED) is 0.868. The fraction of sp³-hybridized carbons (Fsp3) is 0.250. The largest absolute Gasteiger partial charge is 0.489 e. The van der Waals surface area contributed by atoms with E-state index in [0.717, 1.165) is 11.3 Å². The highest BCUT2D eigenvalue weighted by atomic mass is 32.2. The first kappa shape index (κ1) is 13.2. The Morgan fingerprint density at radius 2 is 1.65 bits per heavy atom. The van der Waals surface area contributed by atoms with Crippen molar-refractivity contribution in [2.45, 2.75) is 29.6 Å². The van der Waals surface area contributed by atoms with Crippen LogP contribution in [0.3, 0.4) is 0 Å². The summed E-state index contributed by atoms with van der Waals surface area (Å²) >= 11 is 0. The van der Waals surface area contributed by atoms with Crippen molar-refractivity contribution in [2.24, 2.45) is 0 Å². The van der Waals surface area contributed by atoms with Crippen LogP contribution in [0, 0.1) is 6.92 Å². The van der Waals surface area contributed by atoms with Gasteiger partial charge in [-0.1, -0.05) is 35.9 Å². The molecule has 0 amide bonds. The Morgan fingerprint density at radius 1 is 1.00 bits per heavy atom. The molecule has 4 heteroatoms. The molecule has 1 aliphatic rings. The molecular weight excluding hydrogens is 272 g/mol. The van der Waals surface area contributed by atoms with Crippen LogP contribution in [0.5, 0.6) is 5.75 Å². The van der Waals surface area contributed by atoms with E-state index in [2.05, 4.69) is 0 Å². The Labute approximate surface area is 119 Å². The Balaban J connectivity index is 1.73. The molecule has 2 aromatic carbocycles. The van der Waals surface area contributed by atoms with Gasteiger partial charge in [-0.25, -0.2) is 8.42 Å². The third-order valence-electron chi connectivity index (χ3n) is 3.45. The highest BCUT2D eigenvalue weighted by Crippen LogP contribution is 2.37. The first-order chi connectivity index (χ1) is 9.57. The summed E-state index contributed by atoms with van der Waals surface area (Å²) in [7, 11) is -3.28. The maximum absolute atomic E-state index is 12.4. The minimum atomic E-state index is -3.28. The number of ether oxygens (including phenoxy) is 1. The zero-order chi connectivity index (χ0) is 14.2. The van der Waals surface area contributed by atoms with Crippen LogP contribution in [0.1, 0.15) is 12.0 Å². The van der Waals surface area contributed by atoms with Gasteiger partial charge in [0.25, 0.3) is 0 Å². The van der Waals surface area contributed by atoms with Gasteiger partial charge in [0.1, 0.15) is 17.1 Å². The van der Waals surface area contributed by atoms with Crippen molar-refractivity contribution >= 4 is 9.84 Å². The van der Waals surface area contributed by atoms with Crippen molar-refractivity contribution in [3.8, 4) is 5.75 Å². The first-order valence-corrected chi connectivity index (χ1v) is 8.14. The molecule has 3 rings (SSSR count). The minimum Gasteiger partial charge on any atom is -0.489 e. The Kier molecular flexibility index (Phi) is 3.26. The maximum Gasteiger partial charge on any atom is 0.185 e. The number of aryl methyl sites for hydroxylation is 1. The van der Waals surface area contributed by atoms with E-state index in [-0.39, 0.29) is 6.10 Å². The van der Waals surface area contributed by atoms with Gasteiger partial charge in [-0.2, -0.15) is 0 Å². The van der Waals surface area contributed by atoms with Gasteiger partial charge in [0.05, 0.1) is 4.90 Å². The second-order valence-corrected chi connectivity index (χ2v) is 7.27. The molecule has 0 aromatic heterocycles. The highest BCUT2D eigenvalue weighted by Gasteiger charge is 2.50. The van der Waals surface area contributed by atoms with Gasteiger partial charge in [0, 0.05) is 6.42 Å². The number of para-hydroxylation sites is 1. The summed E-state index contributed by atoms with van der Waals surface area (Å²) in [5.41, 5.74) is 1.05. The van der Waals surface area contributed by atoms with Crippen molar-refractivity contribution in [3.05, 3.63) is 60.2 Å². The number of hydrogen-bond acceptors (Lipinski definition) is 3. The number of hydrogen-bond donors (Lipinski definition) is 0. The summed E-state index contributed by atoms with van der Waals surface area (Å²) in [6, 6.07) is 16.3. The molecule has 0 unspecified atom stereocenters. The van der Waals surface area contributed by atoms with Crippen LogP contribution < -0.4 is 4.74 Å². The van der Waals surface area contributed by atoms with Gasteiger partial charge in [0.15, 0.2) is 9.84 Å². The van der Waals surface area contributed by atoms with Gasteiger partial charge in [-0.3, -0.25) is 0 Å². The lowest BCUT2D eigenvalue weighted by atomic mass is 10.2. The molecule has 0 saturated heterocycles. The first-order valence-electron chi connectivity index (χ1n) is 6.59. The van der Waals surface area contributed by atoms with E-state index in [0.29, 0.717) is 11.3 Å².